The first-order valence-corrected chi connectivity index (χ1v) is 7.94. The zero-order valence-electron chi connectivity index (χ0n) is 11.4. The van der Waals surface area contributed by atoms with Crippen molar-refractivity contribution in [3.63, 3.8) is 0 Å². The molecule has 0 radical (unpaired) electrons. The van der Waals surface area contributed by atoms with Gasteiger partial charge in [0.15, 0.2) is 0 Å². The van der Waals surface area contributed by atoms with Crippen molar-refractivity contribution in [2.75, 3.05) is 0 Å². The minimum absolute atomic E-state index is 0.122. The normalized spacial score (nSPS) is 12.7. The molecule has 21 heavy (non-hydrogen) atoms. The highest BCUT2D eigenvalue weighted by molar-refractivity contribution is 7.13. The summed E-state index contributed by atoms with van der Waals surface area (Å²) in [6, 6.07) is 3.94. The van der Waals surface area contributed by atoms with Gasteiger partial charge in [-0.1, -0.05) is 16.4 Å². The first kappa shape index (κ1) is 14.2. The summed E-state index contributed by atoms with van der Waals surface area (Å²) in [5.74, 6) is 1.29. The van der Waals surface area contributed by atoms with E-state index in [0.717, 1.165) is 23.5 Å². The number of alkyl halides is 1. The SMILES string of the molecule is CC(Cl)c1cn(CCCc2nc(-c3cccs3)no2)nn1. The van der Waals surface area contributed by atoms with Crippen LogP contribution in [0.1, 0.15) is 30.3 Å². The van der Waals surface area contributed by atoms with E-state index in [1.54, 1.807) is 16.0 Å². The fraction of sp³-hybridized carbons (Fsp3) is 0.385. The van der Waals surface area contributed by atoms with Crippen molar-refractivity contribution >= 4 is 22.9 Å². The average molecular weight is 324 g/mol. The first-order valence-electron chi connectivity index (χ1n) is 6.63. The molecule has 0 spiro atoms. The summed E-state index contributed by atoms with van der Waals surface area (Å²) in [5.41, 5.74) is 0.787. The van der Waals surface area contributed by atoms with Crippen molar-refractivity contribution in [2.24, 2.45) is 0 Å². The van der Waals surface area contributed by atoms with E-state index in [1.807, 2.05) is 30.6 Å². The molecule has 0 N–H and O–H groups in total. The second kappa shape index (κ2) is 6.36. The van der Waals surface area contributed by atoms with Gasteiger partial charge in [0, 0.05) is 19.2 Å². The quantitative estimate of drug-likeness (QED) is 0.651. The third-order valence-electron chi connectivity index (χ3n) is 2.95. The van der Waals surface area contributed by atoms with E-state index in [9.17, 15) is 0 Å². The third-order valence-corrected chi connectivity index (χ3v) is 4.04. The monoisotopic (exact) mass is 323 g/mol. The van der Waals surface area contributed by atoms with Gasteiger partial charge in [-0.25, -0.2) is 0 Å². The highest BCUT2D eigenvalue weighted by Gasteiger charge is 2.10. The van der Waals surface area contributed by atoms with Gasteiger partial charge in [0.1, 0.15) is 5.69 Å². The standard InChI is InChI=1S/C13H14ClN5OS/c1-9(14)10-8-19(18-16-10)6-2-5-12-15-13(17-20-12)11-4-3-7-21-11/h3-4,7-9H,2,5-6H2,1H3. The summed E-state index contributed by atoms with van der Waals surface area (Å²) in [5, 5.41) is 13.9. The van der Waals surface area contributed by atoms with Crippen LogP contribution in [-0.2, 0) is 13.0 Å². The largest absolute Gasteiger partial charge is 0.339 e. The van der Waals surface area contributed by atoms with E-state index < -0.39 is 0 Å². The molecule has 0 aliphatic carbocycles. The summed E-state index contributed by atoms with van der Waals surface area (Å²) in [6.07, 6.45) is 3.43. The highest BCUT2D eigenvalue weighted by Crippen LogP contribution is 2.21. The maximum atomic E-state index is 5.95. The van der Waals surface area contributed by atoms with Gasteiger partial charge < -0.3 is 4.52 Å². The van der Waals surface area contributed by atoms with Crippen LogP contribution in [0.15, 0.2) is 28.2 Å². The van der Waals surface area contributed by atoms with E-state index in [-0.39, 0.29) is 5.38 Å². The number of hydrogen-bond donors (Lipinski definition) is 0. The maximum absolute atomic E-state index is 5.95. The Kier molecular flexibility index (Phi) is 4.31. The molecule has 8 heteroatoms. The summed E-state index contributed by atoms with van der Waals surface area (Å²) in [6.45, 7) is 2.62. The fourth-order valence-electron chi connectivity index (χ4n) is 1.86. The lowest BCUT2D eigenvalue weighted by Crippen LogP contribution is -2.00. The van der Waals surface area contributed by atoms with E-state index in [1.165, 1.54) is 0 Å². The highest BCUT2D eigenvalue weighted by atomic mass is 35.5. The molecule has 0 aromatic carbocycles. The molecule has 3 heterocycles. The van der Waals surface area contributed by atoms with Gasteiger partial charge in [-0.05, 0) is 24.8 Å². The number of hydrogen-bond acceptors (Lipinski definition) is 6. The Bertz CT molecular complexity index is 691. The molecule has 3 aromatic heterocycles. The summed E-state index contributed by atoms with van der Waals surface area (Å²) < 4.78 is 7.03. The van der Waals surface area contributed by atoms with E-state index in [2.05, 4.69) is 20.5 Å². The molecule has 0 saturated carbocycles. The zero-order chi connectivity index (χ0) is 14.7. The van der Waals surface area contributed by atoms with Crippen LogP contribution in [-0.4, -0.2) is 25.1 Å². The lowest BCUT2D eigenvalue weighted by molar-refractivity contribution is 0.371. The average Bonchev–Trinajstić information content (AvgIpc) is 3.20. The van der Waals surface area contributed by atoms with Crippen molar-refractivity contribution in [3.8, 4) is 10.7 Å². The lowest BCUT2D eigenvalue weighted by atomic mass is 10.3. The van der Waals surface area contributed by atoms with Crippen LogP contribution in [0.2, 0.25) is 0 Å². The number of rotatable bonds is 6. The number of nitrogens with zero attached hydrogens (tertiary/aromatic N) is 5. The van der Waals surface area contributed by atoms with Crippen molar-refractivity contribution in [1.82, 2.24) is 25.1 Å². The predicted molar refractivity (Wildman–Crippen MR) is 80.2 cm³/mol. The molecule has 0 aliphatic rings. The Morgan fingerprint density at radius 1 is 1.48 bits per heavy atom. The topological polar surface area (TPSA) is 69.6 Å². The summed E-state index contributed by atoms with van der Waals surface area (Å²) >= 11 is 7.55. The van der Waals surface area contributed by atoms with Crippen LogP contribution in [0.3, 0.4) is 0 Å². The van der Waals surface area contributed by atoms with Crippen LogP contribution in [0.25, 0.3) is 10.7 Å². The van der Waals surface area contributed by atoms with Gasteiger partial charge in [0.2, 0.25) is 11.7 Å². The Balaban J connectivity index is 1.53. The number of aryl methyl sites for hydroxylation is 2. The van der Waals surface area contributed by atoms with Crippen molar-refractivity contribution < 1.29 is 4.52 Å². The predicted octanol–water partition coefficient (Wildman–Crippen LogP) is 3.32. The molecular weight excluding hydrogens is 310 g/mol. The van der Waals surface area contributed by atoms with Crippen molar-refractivity contribution in [3.05, 3.63) is 35.3 Å². The molecule has 6 nitrogen and oxygen atoms in total. The Morgan fingerprint density at radius 2 is 2.38 bits per heavy atom. The van der Waals surface area contributed by atoms with Crippen molar-refractivity contribution in [2.45, 2.75) is 31.7 Å². The van der Waals surface area contributed by atoms with E-state index >= 15 is 0 Å². The molecule has 0 aliphatic heterocycles. The molecule has 1 atom stereocenters. The smallest absolute Gasteiger partial charge is 0.227 e. The van der Waals surface area contributed by atoms with E-state index in [4.69, 9.17) is 16.1 Å². The van der Waals surface area contributed by atoms with Gasteiger partial charge in [-0.15, -0.1) is 28.0 Å². The Labute approximate surface area is 130 Å². The van der Waals surface area contributed by atoms with Crippen molar-refractivity contribution in [1.29, 1.82) is 0 Å². The third kappa shape index (κ3) is 3.48. The first-order chi connectivity index (χ1) is 10.2. The van der Waals surface area contributed by atoms with Crippen LogP contribution in [0.5, 0.6) is 0 Å². The second-order valence-electron chi connectivity index (χ2n) is 4.62. The van der Waals surface area contributed by atoms with Gasteiger partial charge in [0.25, 0.3) is 0 Å². The molecule has 3 aromatic rings. The van der Waals surface area contributed by atoms with Crippen LogP contribution >= 0.6 is 22.9 Å². The number of thiophene rings is 1. The van der Waals surface area contributed by atoms with Gasteiger partial charge in [-0.2, -0.15) is 4.98 Å². The molecule has 1 unspecified atom stereocenters. The summed E-state index contributed by atoms with van der Waals surface area (Å²) in [4.78, 5) is 5.40. The fourth-order valence-corrected chi connectivity index (χ4v) is 2.61. The lowest BCUT2D eigenvalue weighted by Gasteiger charge is -1.97. The minimum atomic E-state index is -0.122. The number of halogens is 1. The van der Waals surface area contributed by atoms with Gasteiger partial charge in [-0.3, -0.25) is 4.68 Å². The molecule has 3 rings (SSSR count). The van der Waals surface area contributed by atoms with Gasteiger partial charge >= 0.3 is 0 Å². The molecule has 0 amide bonds. The van der Waals surface area contributed by atoms with Crippen LogP contribution in [0.4, 0.5) is 0 Å². The molecule has 0 fully saturated rings. The zero-order valence-corrected chi connectivity index (χ0v) is 13.0. The molecular formula is C13H14ClN5OS. The maximum Gasteiger partial charge on any atom is 0.227 e. The van der Waals surface area contributed by atoms with Gasteiger partial charge in [0.05, 0.1) is 10.3 Å². The number of aromatic nitrogens is 5. The minimum Gasteiger partial charge on any atom is -0.339 e. The van der Waals surface area contributed by atoms with Crippen LogP contribution < -0.4 is 0 Å². The Hall–Kier alpha value is -1.73. The second-order valence-corrected chi connectivity index (χ2v) is 6.22. The Morgan fingerprint density at radius 3 is 3.10 bits per heavy atom. The molecule has 110 valence electrons. The summed E-state index contributed by atoms with van der Waals surface area (Å²) in [7, 11) is 0. The molecule has 0 saturated heterocycles. The van der Waals surface area contributed by atoms with Crippen LogP contribution in [0, 0.1) is 0 Å². The van der Waals surface area contributed by atoms with E-state index in [0.29, 0.717) is 18.1 Å². The molecule has 0 bridgehead atoms.